The Hall–Kier alpha value is -3.05. The summed E-state index contributed by atoms with van der Waals surface area (Å²) in [6.45, 7) is 1.28. The van der Waals surface area contributed by atoms with E-state index in [0.29, 0.717) is 13.1 Å². The van der Waals surface area contributed by atoms with Crippen molar-refractivity contribution in [2.24, 2.45) is 0 Å². The van der Waals surface area contributed by atoms with Gasteiger partial charge in [0, 0.05) is 24.8 Å². The molecule has 3 aromatic rings. The molecule has 0 fully saturated rings. The summed E-state index contributed by atoms with van der Waals surface area (Å²) in [4.78, 5) is 6.69. The topological polar surface area (TPSA) is 54.8 Å². The summed E-state index contributed by atoms with van der Waals surface area (Å²) < 4.78 is 10.5. The van der Waals surface area contributed by atoms with Gasteiger partial charge in [0.25, 0.3) is 0 Å². The number of ether oxygens (including phenoxy) is 2. The Kier molecular flexibility index (Phi) is 6.28. The quantitative estimate of drug-likeness (QED) is 0.659. The third-order valence-electron chi connectivity index (χ3n) is 4.40. The number of rotatable bonds is 8. The van der Waals surface area contributed by atoms with Gasteiger partial charge in [-0.2, -0.15) is 0 Å². The first-order chi connectivity index (χ1) is 13.2. The van der Waals surface area contributed by atoms with Crippen LogP contribution in [0.15, 0.2) is 66.9 Å². The Morgan fingerprint density at radius 3 is 1.78 bits per heavy atom. The summed E-state index contributed by atoms with van der Waals surface area (Å²) in [5.41, 5.74) is 3.08. The van der Waals surface area contributed by atoms with Crippen LogP contribution in [0.25, 0.3) is 0 Å². The molecular weight excluding hydrogens is 340 g/mol. The molecule has 0 bridgehead atoms. The van der Waals surface area contributed by atoms with E-state index in [0.717, 1.165) is 34.0 Å². The fraction of sp³-hybridized carbons (Fsp3) is 0.227. The largest absolute Gasteiger partial charge is 0.497 e. The average molecular weight is 364 g/mol. The summed E-state index contributed by atoms with van der Waals surface area (Å²) in [5.74, 6) is 2.44. The number of hydrogen-bond donors (Lipinski definition) is 1. The number of pyridine rings is 1. The first-order valence-corrected chi connectivity index (χ1v) is 8.79. The van der Waals surface area contributed by atoms with E-state index in [1.165, 1.54) is 0 Å². The Balaban J connectivity index is 1.89. The normalized spacial score (nSPS) is 10.5. The van der Waals surface area contributed by atoms with Gasteiger partial charge in [0.05, 0.1) is 20.8 Å². The number of aliphatic hydroxyl groups is 1. The second-order valence-corrected chi connectivity index (χ2v) is 6.20. The summed E-state index contributed by atoms with van der Waals surface area (Å²) in [6, 6.07) is 19.7. The fourth-order valence-corrected chi connectivity index (χ4v) is 2.95. The van der Waals surface area contributed by atoms with Crippen molar-refractivity contribution in [3.05, 3.63) is 83.6 Å². The monoisotopic (exact) mass is 364 g/mol. The van der Waals surface area contributed by atoms with E-state index in [1.54, 1.807) is 20.4 Å². The molecule has 0 amide bonds. The van der Waals surface area contributed by atoms with Gasteiger partial charge in [0.2, 0.25) is 0 Å². The summed E-state index contributed by atoms with van der Waals surface area (Å²) in [5, 5.41) is 9.74. The van der Waals surface area contributed by atoms with Crippen molar-refractivity contribution in [3.8, 4) is 11.5 Å². The molecule has 0 radical (unpaired) electrons. The van der Waals surface area contributed by atoms with Crippen molar-refractivity contribution in [3.63, 3.8) is 0 Å². The highest BCUT2D eigenvalue weighted by Gasteiger charge is 2.14. The lowest BCUT2D eigenvalue weighted by atomic mass is 10.1. The Morgan fingerprint density at radius 2 is 1.33 bits per heavy atom. The predicted molar refractivity (Wildman–Crippen MR) is 106 cm³/mol. The highest BCUT2D eigenvalue weighted by molar-refractivity contribution is 5.48. The molecule has 0 aliphatic rings. The number of nitrogens with zero attached hydrogens (tertiary/aromatic N) is 2. The van der Waals surface area contributed by atoms with Crippen molar-refractivity contribution in [1.29, 1.82) is 0 Å². The van der Waals surface area contributed by atoms with E-state index in [2.05, 4.69) is 9.88 Å². The highest BCUT2D eigenvalue weighted by Crippen LogP contribution is 2.24. The molecule has 0 saturated carbocycles. The molecule has 2 aromatic carbocycles. The van der Waals surface area contributed by atoms with Gasteiger partial charge in [-0.05, 0) is 41.5 Å². The van der Waals surface area contributed by atoms with E-state index in [9.17, 15) is 5.11 Å². The number of aliphatic hydroxyl groups excluding tert-OH is 1. The summed E-state index contributed by atoms with van der Waals surface area (Å²) in [7, 11) is 3.32. The maximum Gasteiger partial charge on any atom is 0.134 e. The molecule has 5 nitrogen and oxygen atoms in total. The van der Waals surface area contributed by atoms with E-state index in [-0.39, 0.29) is 6.61 Å². The average Bonchev–Trinajstić information content (AvgIpc) is 2.74. The number of benzene rings is 2. The van der Waals surface area contributed by atoms with Crippen LogP contribution < -0.4 is 14.4 Å². The Bertz CT molecular complexity index is 799. The van der Waals surface area contributed by atoms with Crippen LogP contribution in [0.1, 0.15) is 16.7 Å². The van der Waals surface area contributed by atoms with E-state index >= 15 is 0 Å². The Morgan fingerprint density at radius 1 is 0.815 bits per heavy atom. The standard InChI is InChI=1S/C22H24N2O3/c1-26-20-9-5-17(6-10-20)14-24(22-19(16-25)4-3-13-23-22)15-18-7-11-21(27-2)12-8-18/h3-13,25H,14-16H2,1-2H3. The smallest absolute Gasteiger partial charge is 0.134 e. The molecule has 27 heavy (non-hydrogen) atoms. The lowest BCUT2D eigenvalue weighted by molar-refractivity contribution is 0.281. The third-order valence-corrected chi connectivity index (χ3v) is 4.40. The minimum atomic E-state index is -0.0507. The lowest BCUT2D eigenvalue weighted by Crippen LogP contribution is -2.24. The van der Waals surface area contributed by atoms with Crippen molar-refractivity contribution in [2.75, 3.05) is 19.1 Å². The maximum atomic E-state index is 9.74. The van der Waals surface area contributed by atoms with Crippen LogP contribution in [-0.2, 0) is 19.7 Å². The summed E-state index contributed by atoms with van der Waals surface area (Å²) in [6.07, 6.45) is 1.75. The van der Waals surface area contributed by atoms with Gasteiger partial charge in [-0.1, -0.05) is 30.3 Å². The zero-order valence-electron chi connectivity index (χ0n) is 15.6. The zero-order valence-corrected chi connectivity index (χ0v) is 15.6. The van der Waals surface area contributed by atoms with Gasteiger partial charge in [-0.25, -0.2) is 4.98 Å². The van der Waals surface area contributed by atoms with Gasteiger partial charge in [-0.15, -0.1) is 0 Å². The second kappa shape index (κ2) is 9.05. The van der Waals surface area contributed by atoms with Crippen molar-refractivity contribution in [1.82, 2.24) is 4.98 Å². The number of hydrogen-bond acceptors (Lipinski definition) is 5. The first-order valence-electron chi connectivity index (χ1n) is 8.79. The van der Waals surface area contributed by atoms with Gasteiger partial charge in [0.1, 0.15) is 17.3 Å². The van der Waals surface area contributed by atoms with Gasteiger partial charge < -0.3 is 19.5 Å². The molecule has 1 heterocycles. The predicted octanol–water partition coefficient (Wildman–Crippen LogP) is 3.80. The molecule has 0 atom stereocenters. The third kappa shape index (κ3) is 4.77. The molecule has 0 aliphatic carbocycles. The minimum absolute atomic E-state index is 0.0507. The van der Waals surface area contributed by atoms with Crippen LogP contribution >= 0.6 is 0 Å². The van der Waals surface area contributed by atoms with E-state index in [1.807, 2.05) is 60.7 Å². The molecule has 0 saturated heterocycles. The van der Waals surface area contributed by atoms with Crippen LogP contribution in [0, 0.1) is 0 Å². The molecule has 5 heteroatoms. The van der Waals surface area contributed by atoms with Crippen LogP contribution in [0.4, 0.5) is 5.82 Å². The van der Waals surface area contributed by atoms with Crippen LogP contribution in [-0.4, -0.2) is 24.3 Å². The molecule has 0 unspecified atom stereocenters. The van der Waals surface area contributed by atoms with Crippen LogP contribution in [0.3, 0.4) is 0 Å². The maximum absolute atomic E-state index is 9.74. The van der Waals surface area contributed by atoms with Crippen molar-refractivity contribution in [2.45, 2.75) is 19.7 Å². The van der Waals surface area contributed by atoms with E-state index in [4.69, 9.17) is 9.47 Å². The highest BCUT2D eigenvalue weighted by atomic mass is 16.5. The Labute approximate surface area is 159 Å². The number of methoxy groups -OCH3 is 2. The van der Waals surface area contributed by atoms with Crippen LogP contribution in [0.2, 0.25) is 0 Å². The first kappa shape index (κ1) is 18.7. The molecule has 140 valence electrons. The van der Waals surface area contributed by atoms with Crippen LogP contribution in [0.5, 0.6) is 11.5 Å². The molecule has 0 aliphatic heterocycles. The van der Waals surface area contributed by atoms with Crippen molar-refractivity contribution < 1.29 is 14.6 Å². The molecule has 0 spiro atoms. The lowest BCUT2D eigenvalue weighted by Gasteiger charge is -2.26. The van der Waals surface area contributed by atoms with Gasteiger partial charge in [-0.3, -0.25) is 0 Å². The number of anilines is 1. The van der Waals surface area contributed by atoms with Gasteiger partial charge >= 0.3 is 0 Å². The van der Waals surface area contributed by atoms with Gasteiger partial charge in [0.15, 0.2) is 0 Å². The SMILES string of the molecule is COc1ccc(CN(Cc2ccc(OC)cc2)c2ncccc2CO)cc1. The zero-order chi connectivity index (χ0) is 19.1. The van der Waals surface area contributed by atoms with Crippen molar-refractivity contribution >= 4 is 5.82 Å². The molecular formula is C22H24N2O3. The minimum Gasteiger partial charge on any atom is -0.497 e. The van der Waals surface area contributed by atoms with E-state index < -0.39 is 0 Å². The second-order valence-electron chi connectivity index (χ2n) is 6.20. The molecule has 1 N–H and O–H groups in total. The summed E-state index contributed by atoms with van der Waals surface area (Å²) >= 11 is 0. The molecule has 1 aromatic heterocycles. The molecule has 3 rings (SSSR count). The number of aromatic nitrogens is 1. The fourth-order valence-electron chi connectivity index (χ4n) is 2.95.